The molecular formula is C23H27N5O2. The topological polar surface area (TPSA) is 113 Å². The number of nitrogens with one attached hydrogen (secondary N) is 2. The van der Waals surface area contributed by atoms with Crippen LogP contribution in [-0.4, -0.2) is 33.1 Å². The van der Waals surface area contributed by atoms with Crippen LogP contribution in [0.5, 0.6) is 0 Å². The van der Waals surface area contributed by atoms with Crippen molar-refractivity contribution in [3.05, 3.63) is 53.9 Å². The van der Waals surface area contributed by atoms with Crippen LogP contribution >= 0.6 is 0 Å². The molecule has 1 saturated carbocycles. The van der Waals surface area contributed by atoms with Crippen LogP contribution in [-0.2, 0) is 6.42 Å². The first-order chi connectivity index (χ1) is 14.5. The van der Waals surface area contributed by atoms with Crippen molar-refractivity contribution in [3.63, 3.8) is 0 Å². The summed E-state index contributed by atoms with van der Waals surface area (Å²) in [4.78, 5) is 21.3. The average Bonchev–Trinajstić information content (AvgIpc) is 2.75. The molecule has 2 aromatic carbocycles. The van der Waals surface area contributed by atoms with Gasteiger partial charge in [0.15, 0.2) is 11.5 Å². The van der Waals surface area contributed by atoms with Gasteiger partial charge in [-0.1, -0.05) is 37.3 Å². The summed E-state index contributed by atoms with van der Waals surface area (Å²) in [5.74, 6) is 0.383. The number of aryl methyl sites for hydroxylation is 1. The summed E-state index contributed by atoms with van der Waals surface area (Å²) in [6.07, 6.45) is 3.69. The number of benzene rings is 2. The van der Waals surface area contributed by atoms with Gasteiger partial charge < -0.3 is 21.5 Å². The zero-order valence-corrected chi connectivity index (χ0v) is 17.1. The number of hydrogen-bond donors (Lipinski definition) is 4. The Morgan fingerprint density at radius 3 is 2.50 bits per heavy atom. The number of carbonyl (C=O) groups excluding carboxylic acids is 1. The third-order valence-electron chi connectivity index (χ3n) is 5.59. The van der Waals surface area contributed by atoms with E-state index < -0.39 is 5.91 Å². The molecule has 30 heavy (non-hydrogen) atoms. The third kappa shape index (κ3) is 4.36. The van der Waals surface area contributed by atoms with Gasteiger partial charge >= 0.3 is 0 Å². The molecule has 1 aliphatic rings. The molecule has 1 aliphatic carbocycles. The largest absolute Gasteiger partial charge is 0.393 e. The predicted molar refractivity (Wildman–Crippen MR) is 119 cm³/mol. The number of hydrogen-bond acceptors (Lipinski definition) is 6. The van der Waals surface area contributed by atoms with Gasteiger partial charge in [0.05, 0.1) is 11.8 Å². The molecule has 1 aromatic heterocycles. The predicted octanol–water partition coefficient (Wildman–Crippen LogP) is 3.75. The van der Waals surface area contributed by atoms with E-state index >= 15 is 0 Å². The maximum absolute atomic E-state index is 12.1. The molecule has 0 atom stereocenters. The second kappa shape index (κ2) is 8.67. The molecule has 1 amide bonds. The highest BCUT2D eigenvalue weighted by molar-refractivity contribution is 5.97. The molecular weight excluding hydrogens is 378 g/mol. The molecule has 7 heteroatoms. The maximum Gasteiger partial charge on any atom is 0.271 e. The summed E-state index contributed by atoms with van der Waals surface area (Å²) in [5.41, 5.74) is 7.25. The minimum atomic E-state index is -0.618. The number of aliphatic hydroxyl groups is 1. The molecule has 0 unspecified atom stereocenters. The number of rotatable bonds is 6. The quantitative estimate of drug-likeness (QED) is 0.497. The third-order valence-corrected chi connectivity index (χ3v) is 5.59. The van der Waals surface area contributed by atoms with E-state index in [0.29, 0.717) is 23.8 Å². The van der Waals surface area contributed by atoms with Gasteiger partial charge in [-0.3, -0.25) is 4.79 Å². The van der Waals surface area contributed by atoms with E-state index in [2.05, 4.69) is 15.6 Å². The van der Waals surface area contributed by atoms with Crippen LogP contribution in [0.1, 0.15) is 48.8 Å². The lowest BCUT2D eigenvalue weighted by Crippen LogP contribution is -2.29. The highest BCUT2D eigenvalue weighted by Gasteiger charge is 2.23. The fraction of sp³-hybridized carbons (Fsp3) is 0.348. The van der Waals surface area contributed by atoms with Crippen molar-refractivity contribution in [3.8, 4) is 0 Å². The number of anilines is 3. The highest BCUT2D eigenvalue weighted by Crippen LogP contribution is 2.27. The monoisotopic (exact) mass is 405 g/mol. The van der Waals surface area contributed by atoms with Crippen molar-refractivity contribution in [2.45, 2.75) is 51.2 Å². The first-order valence-corrected chi connectivity index (χ1v) is 10.4. The van der Waals surface area contributed by atoms with Gasteiger partial charge in [0.2, 0.25) is 0 Å². The standard InChI is InChI=1S/C23H27N5O2/c1-2-19-22(25-16-9-11-18(29)12-10-16)28-23(20(27-19)21(24)30)26-17-8-7-14-5-3-4-6-15(14)13-17/h3-8,13,16,18,29H,2,9-12H2,1H3,(H2,24,30)(H2,25,26,28). The Morgan fingerprint density at radius 1 is 1.07 bits per heavy atom. The first-order valence-electron chi connectivity index (χ1n) is 10.4. The molecule has 0 spiro atoms. The second-order valence-corrected chi connectivity index (χ2v) is 7.77. The van der Waals surface area contributed by atoms with Crippen molar-refractivity contribution < 1.29 is 9.90 Å². The number of aliphatic hydroxyl groups excluding tert-OH is 1. The van der Waals surface area contributed by atoms with E-state index in [1.54, 1.807) is 0 Å². The van der Waals surface area contributed by atoms with Gasteiger partial charge in [-0.2, -0.15) is 0 Å². The van der Waals surface area contributed by atoms with Crippen LogP contribution < -0.4 is 16.4 Å². The number of aromatic nitrogens is 2. The van der Waals surface area contributed by atoms with Gasteiger partial charge in [-0.25, -0.2) is 9.97 Å². The number of nitrogens with two attached hydrogens (primary N) is 1. The Labute approximate surface area is 175 Å². The van der Waals surface area contributed by atoms with Crippen molar-refractivity contribution in [1.82, 2.24) is 9.97 Å². The lowest BCUT2D eigenvalue weighted by Gasteiger charge is -2.27. The smallest absolute Gasteiger partial charge is 0.271 e. The number of carbonyl (C=O) groups is 1. The van der Waals surface area contributed by atoms with Crippen LogP contribution in [0.3, 0.4) is 0 Å². The molecule has 1 heterocycles. The molecule has 7 nitrogen and oxygen atoms in total. The van der Waals surface area contributed by atoms with Gasteiger partial charge in [0.25, 0.3) is 5.91 Å². The summed E-state index contributed by atoms with van der Waals surface area (Å²) in [6.45, 7) is 1.97. The van der Waals surface area contributed by atoms with Crippen LogP contribution in [0.4, 0.5) is 17.3 Å². The average molecular weight is 406 g/mol. The second-order valence-electron chi connectivity index (χ2n) is 7.77. The maximum atomic E-state index is 12.1. The van der Waals surface area contributed by atoms with E-state index in [0.717, 1.165) is 42.1 Å². The van der Waals surface area contributed by atoms with Crippen molar-refractivity contribution in [1.29, 1.82) is 0 Å². The van der Waals surface area contributed by atoms with Crippen molar-refractivity contribution in [2.24, 2.45) is 5.73 Å². The fourth-order valence-electron chi connectivity index (χ4n) is 3.91. The molecule has 4 rings (SSSR count). The fourth-order valence-corrected chi connectivity index (χ4v) is 3.91. The molecule has 1 fully saturated rings. The zero-order valence-electron chi connectivity index (χ0n) is 17.1. The summed E-state index contributed by atoms with van der Waals surface area (Å²) in [5, 5.41) is 18.7. The summed E-state index contributed by atoms with van der Waals surface area (Å²) < 4.78 is 0. The van der Waals surface area contributed by atoms with Crippen molar-refractivity contribution >= 4 is 34.0 Å². The lowest BCUT2D eigenvalue weighted by molar-refractivity contribution is 0.0996. The Bertz CT molecular complexity index is 1060. The lowest BCUT2D eigenvalue weighted by atomic mass is 9.93. The van der Waals surface area contributed by atoms with E-state index in [-0.39, 0.29) is 17.8 Å². The number of primary amides is 1. The SMILES string of the molecule is CCc1nc(C(N)=O)c(Nc2ccc3ccccc3c2)nc1NC1CCC(O)CC1. The number of nitrogens with zero attached hydrogens (tertiary/aromatic N) is 2. The Balaban J connectivity index is 1.66. The highest BCUT2D eigenvalue weighted by atomic mass is 16.3. The first kappa shape index (κ1) is 20.1. The molecule has 5 N–H and O–H groups in total. The Hall–Kier alpha value is -3.19. The molecule has 0 radical (unpaired) electrons. The Morgan fingerprint density at radius 2 is 1.80 bits per heavy atom. The Kier molecular flexibility index (Phi) is 5.81. The van der Waals surface area contributed by atoms with E-state index in [1.807, 2.05) is 49.4 Å². The van der Waals surface area contributed by atoms with Gasteiger partial charge in [-0.15, -0.1) is 0 Å². The minimum Gasteiger partial charge on any atom is -0.393 e. The normalized spacial score (nSPS) is 18.9. The van der Waals surface area contributed by atoms with E-state index in [1.165, 1.54) is 0 Å². The molecule has 0 bridgehead atoms. The summed E-state index contributed by atoms with van der Waals surface area (Å²) in [7, 11) is 0. The van der Waals surface area contributed by atoms with E-state index in [4.69, 9.17) is 10.7 Å². The molecule has 156 valence electrons. The van der Waals surface area contributed by atoms with Crippen LogP contribution in [0.15, 0.2) is 42.5 Å². The molecule has 0 aliphatic heterocycles. The van der Waals surface area contributed by atoms with Gasteiger partial charge in [0, 0.05) is 11.7 Å². The minimum absolute atomic E-state index is 0.129. The number of fused-ring (bicyclic) bond motifs is 1. The van der Waals surface area contributed by atoms with Gasteiger partial charge in [-0.05, 0) is 55.0 Å². The van der Waals surface area contributed by atoms with Crippen LogP contribution in [0.2, 0.25) is 0 Å². The van der Waals surface area contributed by atoms with Crippen LogP contribution in [0, 0.1) is 0 Å². The summed E-state index contributed by atoms with van der Waals surface area (Å²) >= 11 is 0. The molecule has 3 aromatic rings. The molecule has 0 saturated heterocycles. The number of amides is 1. The van der Waals surface area contributed by atoms with Crippen molar-refractivity contribution in [2.75, 3.05) is 10.6 Å². The zero-order chi connectivity index (χ0) is 21.1. The summed E-state index contributed by atoms with van der Waals surface area (Å²) in [6, 6.07) is 14.3. The van der Waals surface area contributed by atoms with Gasteiger partial charge in [0.1, 0.15) is 5.82 Å². The van der Waals surface area contributed by atoms with Crippen LogP contribution in [0.25, 0.3) is 10.8 Å². The van der Waals surface area contributed by atoms with E-state index in [9.17, 15) is 9.90 Å².